The molecule has 1 amide bonds. The molecule has 154 valence electrons. The molecule has 0 aliphatic carbocycles. The Kier molecular flexibility index (Phi) is 5.35. The van der Waals surface area contributed by atoms with E-state index in [1.165, 1.54) is 23.3 Å². The van der Waals surface area contributed by atoms with Crippen LogP contribution in [0.5, 0.6) is 0 Å². The Labute approximate surface area is 177 Å². The lowest BCUT2D eigenvalue weighted by Crippen LogP contribution is -2.35. The number of anilines is 2. The van der Waals surface area contributed by atoms with Crippen molar-refractivity contribution in [3.63, 3.8) is 0 Å². The number of carbonyl (C=O) groups excluding carboxylic acids is 1. The predicted octanol–water partition coefficient (Wildman–Crippen LogP) is 4.70. The summed E-state index contributed by atoms with van der Waals surface area (Å²) in [6, 6.07) is 19.0. The Hall–Kier alpha value is -3.12. The second-order valence-electron chi connectivity index (χ2n) is 7.64. The molecule has 0 radical (unpaired) electrons. The van der Waals surface area contributed by atoms with Crippen LogP contribution in [0, 0.1) is 13.8 Å². The number of hydrogen-bond donors (Lipinski definition) is 1. The molecule has 0 unspecified atom stereocenters. The molecule has 0 saturated heterocycles. The maximum absolute atomic E-state index is 13.3. The van der Waals surface area contributed by atoms with E-state index in [0.29, 0.717) is 17.8 Å². The summed E-state index contributed by atoms with van der Waals surface area (Å²) in [5, 5.41) is 0. The van der Waals surface area contributed by atoms with Crippen molar-refractivity contribution in [1.29, 1.82) is 0 Å². The van der Waals surface area contributed by atoms with Crippen molar-refractivity contribution >= 4 is 27.3 Å². The second kappa shape index (κ2) is 7.95. The number of hydrogen-bond acceptors (Lipinski definition) is 3. The van der Waals surface area contributed by atoms with Gasteiger partial charge in [0.2, 0.25) is 0 Å². The number of amides is 1. The first kappa shape index (κ1) is 20.2. The molecule has 3 aromatic rings. The van der Waals surface area contributed by atoms with E-state index in [9.17, 15) is 13.2 Å². The molecule has 0 atom stereocenters. The molecule has 3 aromatic carbocycles. The van der Waals surface area contributed by atoms with Crippen LogP contribution >= 0.6 is 0 Å². The number of nitrogens with zero attached hydrogens (tertiary/aromatic N) is 1. The number of rotatable bonds is 4. The minimum Gasteiger partial charge on any atom is -0.308 e. The van der Waals surface area contributed by atoms with Crippen LogP contribution in [-0.2, 0) is 16.4 Å². The van der Waals surface area contributed by atoms with Crippen molar-refractivity contribution < 1.29 is 13.2 Å². The Morgan fingerprint density at radius 3 is 2.50 bits per heavy atom. The summed E-state index contributed by atoms with van der Waals surface area (Å²) in [6.07, 6.45) is 1.87. The average Bonchev–Trinajstić information content (AvgIpc) is 2.73. The van der Waals surface area contributed by atoms with Crippen molar-refractivity contribution in [1.82, 2.24) is 0 Å². The highest BCUT2D eigenvalue weighted by Gasteiger charge is 2.25. The van der Waals surface area contributed by atoms with Gasteiger partial charge in [0.05, 0.1) is 4.90 Å². The Bertz CT molecular complexity index is 1200. The fourth-order valence-electron chi connectivity index (χ4n) is 3.97. The normalized spacial score (nSPS) is 13.6. The molecule has 1 aliphatic rings. The monoisotopic (exact) mass is 420 g/mol. The number of sulfonamides is 1. The lowest BCUT2D eigenvalue weighted by atomic mass is 9.94. The summed E-state index contributed by atoms with van der Waals surface area (Å²) in [5.41, 5.74) is 5.31. The predicted molar refractivity (Wildman–Crippen MR) is 120 cm³/mol. The Balaban J connectivity index is 1.63. The molecule has 5 nitrogen and oxygen atoms in total. The standard InChI is InChI=1S/C24H24N2O3S/c1-17-14-18(2)22-12-7-13-26(23(22)15-17)24(27)19-8-6-9-20(16-19)25-30(28,29)21-10-4-3-5-11-21/h3-6,8-11,14-16,25H,7,12-13H2,1-2H3. The lowest BCUT2D eigenvalue weighted by Gasteiger charge is -2.31. The lowest BCUT2D eigenvalue weighted by molar-refractivity contribution is 0.0985. The summed E-state index contributed by atoms with van der Waals surface area (Å²) in [7, 11) is -3.72. The van der Waals surface area contributed by atoms with E-state index >= 15 is 0 Å². The molecular formula is C24H24N2O3S. The van der Waals surface area contributed by atoms with E-state index in [0.717, 1.165) is 24.1 Å². The molecular weight excluding hydrogens is 396 g/mol. The summed E-state index contributed by atoms with van der Waals surface area (Å²) >= 11 is 0. The zero-order valence-electron chi connectivity index (χ0n) is 17.1. The fourth-order valence-corrected chi connectivity index (χ4v) is 5.04. The zero-order chi connectivity index (χ0) is 21.3. The second-order valence-corrected chi connectivity index (χ2v) is 9.32. The largest absolute Gasteiger partial charge is 0.308 e. The van der Waals surface area contributed by atoms with Crippen LogP contribution in [0.3, 0.4) is 0 Å². The molecule has 0 aromatic heterocycles. The first-order valence-electron chi connectivity index (χ1n) is 9.95. The van der Waals surface area contributed by atoms with E-state index in [1.807, 2.05) is 11.8 Å². The van der Waals surface area contributed by atoms with Crippen molar-refractivity contribution in [2.45, 2.75) is 31.6 Å². The maximum Gasteiger partial charge on any atom is 0.261 e. The maximum atomic E-state index is 13.3. The molecule has 0 spiro atoms. The van der Waals surface area contributed by atoms with Crippen molar-refractivity contribution in [3.05, 3.63) is 89.0 Å². The van der Waals surface area contributed by atoms with Gasteiger partial charge in [-0.2, -0.15) is 0 Å². The molecule has 0 saturated carbocycles. The van der Waals surface area contributed by atoms with Crippen LogP contribution in [0.25, 0.3) is 0 Å². The van der Waals surface area contributed by atoms with E-state index in [2.05, 4.69) is 23.8 Å². The van der Waals surface area contributed by atoms with Gasteiger partial charge in [-0.3, -0.25) is 9.52 Å². The zero-order valence-corrected chi connectivity index (χ0v) is 17.9. The van der Waals surface area contributed by atoms with Gasteiger partial charge in [-0.05, 0) is 79.8 Å². The van der Waals surface area contributed by atoms with Gasteiger partial charge in [0, 0.05) is 23.5 Å². The minimum absolute atomic E-state index is 0.123. The smallest absolute Gasteiger partial charge is 0.261 e. The van der Waals surface area contributed by atoms with Gasteiger partial charge in [0.15, 0.2) is 0 Å². The third-order valence-electron chi connectivity index (χ3n) is 5.35. The van der Waals surface area contributed by atoms with Gasteiger partial charge in [-0.25, -0.2) is 8.42 Å². The minimum atomic E-state index is -3.72. The molecule has 0 fully saturated rings. The SMILES string of the molecule is Cc1cc(C)c2c(c1)N(C(=O)c1cccc(NS(=O)(=O)c3ccccc3)c1)CCC2. The first-order chi connectivity index (χ1) is 14.3. The summed E-state index contributed by atoms with van der Waals surface area (Å²) in [4.78, 5) is 15.3. The molecule has 1 heterocycles. The van der Waals surface area contributed by atoms with Crippen LogP contribution in [0.1, 0.15) is 33.5 Å². The summed E-state index contributed by atoms with van der Waals surface area (Å²) in [6.45, 7) is 4.76. The Morgan fingerprint density at radius 1 is 0.967 bits per heavy atom. The number of benzene rings is 3. The van der Waals surface area contributed by atoms with E-state index in [4.69, 9.17) is 0 Å². The highest BCUT2D eigenvalue weighted by atomic mass is 32.2. The van der Waals surface area contributed by atoms with Gasteiger partial charge in [-0.1, -0.05) is 30.3 Å². The van der Waals surface area contributed by atoms with E-state index in [-0.39, 0.29) is 10.8 Å². The quantitative estimate of drug-likeness (QED) is 0.665. The highest BCUT2D eigenvalue weighted by molar-refractivity contribution is 7.92. The average molecular weight is 421 g/mol. The molecule has 0 bridgehead atoms. The number of nitrogens with one attached hydrogen (secondary N) is 1. The number of fused-ring (bicyclic) bond motifs is 1. The fraction of sp³-hybridized carbons (Fsp3) is 0.208. The molecule has 4 rings (SSSR count). The summed E-state index contributed by atoms with van der Waals surface area (Å²) < 4.78 is 27.8. The number of carbonyl (C=O) groups is 1. The first-order valence-corrected chi connectivity index (χ1v) is 11.4. The van der Waals surface area contributed by atoms with Gasteiger partial charge in [0.1, 0.15) is 0 Å². The van der Waals surface area contributed by atoms with Crippen molar-refractivity contribution in [3.8, 4) is 0 Å². The van der Waals surface area contributed by atoms with Crippen molar-refractivity contribution in [2.75, 3.05) is 16.2 Å². The van der Waals surface area contributed by atoms with Crippen LogP contribution in [-0.4, -0.2) is 20.9 Å². The van der Waals surface area contributed by atoms with Crippen LogP contribution in [0.2, 0.25) is 0 Å². The third kappa shape index (κ3) is 3.96. The number of aryl methyl sites for hydroxylation is 2. The van der Waals surface area contributed by atoms with Gasteiger partial charge in [0.25, 0.3) is 15.9 Å². The molecule has 1 N–H and O–H groups in total. The van der Waals surface area contributed by atoms with Crippen LogP contribution in [0.4, 0.5) is 11.4 Å². The van der Waals surface area contributed by atoms with Crippen LogP contribution in [0.15, 0.2) is 71.6 Å². The summed E-state index contributed by atoms with van der Waals surface area (Å²) in [5.74, 6) is -0.123. The van der Waals surface area contributed by atoms with Gasteiger partial charge >= 0.3 is 0 Å². The molecule has 1 aliphatic heterocycles. The third-order valence-corrected chi connectivity index (χ3v) is 6.75. The van der Waals surface area contributed by atoms with Crippen LogP contribution < -0.4 is 9.62 Å². The van der Waals surface area contributed by atoms with E-state index < -0.39 is 10.0 Å². The molecule has 6 heteroatoms. The highest BCUT2D eigenvalue weighted by Crippen LogP contribution is 2.32. The van der Waals surface area contributed by atoms with Gasteiger partial charge in [-0.15, -0.1) is 0 Å². The van der Waals surface area contributed by atoms with Crippen molar-refractivity contribution in [2.24, 2.45) is 0 Å². The Morgan fingerprint density at radius 2 is 1.73 bits per heavy atom. The topological polar surface area (TPSA) is 66.5 Å². The molecule has 30 heavy (non-hydrogen) atoms. The van der Waals surface area contributed by atoms with E-state index in [1.54, 1.807) is 42.5 Å². The van der Waals surface area contributed by atoms with Gasteiger partial charge < -0.3 is 4.90 Å².